The number of aromatic nitrogens is 3. The van der Waals surface area contributed by atoms with Crippen molar-refractivity contribution in [3.63, 3.8) is 0 Å². The van der Waals surface area contributed by atoms with Crippen molar-refractivity contribution in [3.05, 3.63) is 54.1 Å². The minimum absolute atomic E-state index is 0.0969. The zero-order valence-electron chi connectivity index (χ0n) is 17.4. The fourth-order valence-electron chi connectivity index (χ4n) is 3.08. The van der Waals surface area contributed by atoms with E-state index in [4.69, 9.17) is 15.6 Å². The summed E-state index contributed by atoms with van der Waals surface area (Å²) in [5.74, 6) is 0.139. The molecular formula is C21H26FN5O2S. The molecule has 0 aliphatic rings. The first-order chi connectivity index (χ1) is 14.1. The maximum atomic E-state index is 14.2. The normalized spacial score (nSPS) is 12.9. The molecule has 0 amide bonds. The number of hydrogen-bond donors (Lipinski definition) is 2. The SMILES string of the molecule is CC(C)c1cc(F)cc(-c2ccnc(OCC(C)(C)n3ccc(S(N)=O)n3)c2)c1N. The van der Waals surface area contributed by atoms with Crippen molar-refractivity contribution in [2.24, 2.45) is 5.14 Å². The summed E-state index contributed by atoms with van der Waals surface area (Å²) in [4.78, 5) is 4.25. The predicted octanol–water partition coefficient (Wildman–Crippen LogP) is 3.59. The molecule has 160 valence electrons. The van der Waals surface area contributed by atoms with Crippen LogP contribution in [0.2, 0.25) is 0 Å². The Morgan fingerprint density at radius 3 is 2.63 bits per heavy atom. The average molecular weight is 432 g/mol. The maximum Gasteiger partial charge on any atom is 0.213 e. The molecule has 1 atom stereocenters. The van der Waals surface area contributed by atoms with Crippen LogP contribution < -0.4 is 15.6 Å². The van der Waals surface area contributed by atoms with Gasteiger partial charge >= 0.3 is 0 Å². The number of anilines is 1. The lowest BCUT2D eigenvalue weighted by molar-refractivity contribution is 0.164. The fourth-order valence-corrected chi connectivity index (χ4v) is 3.44. The quantitative estimate of drug-likeness (QED) is 0.556. The van der Waals surface area contributed by atoms with Gasteiger partial charge in [-0.15, -0.1) is 0 Å². The van der Waals surface area contributed by atoms with Crippen molar-refractivity contribution in [1.29, 1.82) is 0 Å². The largest absolute Gasteiger partial charge is 0.475 e. The first-order valence-electron chi connectivity index (χ1n) is 9.49. The Labute approximate surface area is 177 Å². The van der Waals surface area contributed by atoms with Crippen LogP contribution in [0.5, 0.6) is 5.88 Å². The first kappa shape index (κ1) is 21.9. The fraction of sp³-hybridized carbons (Fsp3) is 0.333. The Hall–Kier alpha value is -2.78. The highest BCUT2D eigenvalue weighted by Gasteiger charge is 2.23. The van der Waals surface area contributed by atoms with Gasteiger partial charge in [0.05, 0.1) is 5.54 Å². The van der Waals surface area contributed by atoms with Crippen molar-refractivity contribution < 1.29 is 13.3 Å². The summed E-state index contributed by atoms with van der Waals surface area (Å²) in [5, 5.41) is 9.91. The standard InChI is InChI=1S/C21H26FN5O2S/c1-13(2)16-10-15(22)11-17(20(16)23)14-5-7-25-18(9-14)29-12-21(3,4)27-8-6-19(26-27)30(24)28/h5-11,13H,12,23-24H2,1-4H3. The van der Waals surface area contributed by atoms with Gasteiger partial charge in [0.1, 0.15) is 23.4 Å². The Bertz CT molecular complexity index is 1080. The van der Waals surface area contributed by atoms with E-state index in [-0.39, 0.29) is 18.3 Å². The van der Waals surface area contributed by atoms with E-state index in [2.05, 4.69) is 10.1 Å². The Morgan fingerprint density at radius 1 is 1.27 bits per heavy atom. The van der Waals surface area contributed by atoms with Crippen LogP contribution in [0.25, 0.3) is 11.1 Å². The average Bonchev–Trinajstić information content (AvgIpc) is 3.20. The van der Waals surface area contributed by atoms with Crippen LogP contribution in [0.15, 0.2) is 47.8 Å². The van der Waals surface area contributed by atoms with Crippen LogP contribution >= 0.6 is 0 Å². The van der Waals surface area contributed by atoms with E-state index in [0.29, 0.717) is 22.2 Å². The second-order valence-electron chi connectivity index (χ2n) is 7.99. The van der Waals surface area contributed by atoms with Crippen molar-refractivity contribution in [2.45, 2.75) is 44.2 Å². The molecule has 4 N–H and O–H groups in total. The van der Waals surface area contributed by atoms with Gasteiger partial charge in [0, 0.05) is 29.7 Å². The molecule has 7 nitrogen and oxygen atoms in total. The van der Waals surface area contributed by atoms with E-state index in [1.807, 2.05) is 27.7 Å². The van der Waals surface area contributed by atoms with Crippen LogP contribution in [0.4, 0.5) is 10.1 Å². The summed E-state index contributed by atoms with van der Waals surface area (Å²) in [7, 11) is -1.64. The zero-order valence-corrected chi connectivity index (χ0v) is 18.2. The molecule has 2 aromatic heterocycles. The molecule has 30 heavy (non-hydrogen) atoms. The molecule has 0 saturated carbocycles. The van der Waals surface area contributed by atoms with E-state index in [0.717, 1.165) is 11.1 Å². The summed E-state index contributed by atoms with van der Waals surface area (Å²) in [6.07, 6.45) is 3.30. The highest BCUT2D eigenvalue weighted by molar-refractivity contribution is 7.82. The van der Waals surface area contributed by atoms with Crippen molar-refractivity contribution in [1.82, 2.24) is 14.8 Å². The number of halogens is 1. The number of pyridine rings is 1. The number of ether oxygens (including phenoxy) is 1. The monoisotopic (exact) mass is 431 g/mol. The molecule has 3 aromatic rings. The third-order valence-corrected chi connectivity index (χ3v) is 5.44. The van der Waals surface area contributed by atoms with E-state index >= 15 is 0 Å². The van der Waals surface area contributed by atoms with Crippen LogP contribution in [0.3, 0.4) is 0 Å². The van der Waals surface area contributed by atoms with E-state index in [1.54, 1.807) is 35.3 Å². The maximum absolute atomic E-state index is 14.2. The number of benzene rings is 1. The summed E-state index contributed by atoms with van der Waals surface area (Å²) < 4.78 is 33.1. The lowest BCUT2D eigenvalue weighted by Gasteiger charge is -2.25. The molecular weight excluding hydrogens is 405 g/mol. The van der Waals surface area contributed by atoms with Gasteiger partial charge < -0.3 is 10.5 Å². The number of rotatable bonds is 7. The van der Waals surface area contributed by atoms with Crippen molar-refractivity contribution >= 4 is 16.7 Å². The molecule has 0 spiro atoms. The molecule has 0 saturated heterocycles. The van der Waals surface area contributed by atoms with Crippen LogP contribution in [-0.2, 0) is 16.5 Å². The smallest absolute Gasteiger partial charge is 0.213 e. The molecule has 0 aliphatic heterocycles. The highest BCUT2D eigenvalue weighted by atomic mass is 32.2. The van der Waals surface area contributed by atoms with Gasteiger partial charge in [-0.3, -0.25) is 4.68 Å². The molecule has 0 aliphatic carbocycles. The van der Waals surface area contributed by atoms with Crippen molar-refractivity contribution in [2.75, 3.05) is 12.3 Å². The van der Waals surface area contributed by atoms with Gasteiger partial charge in [-0.05, 0) is 55.2 Å². The van der Waals surface area contributed by atoms with Gasteiger partial charge in [0.15, 0.2) is 5.03 Å². The number of nitrogen functional groups attached to an aromatic ring is 1. The van der Waals surface area contributed by atoms with Crippen molar-refractivity contribution in [3.8, 4) is 17.0 Å². The molecule has 1 aromatic carbocycles. The minimum atomic E-state index is -1.64. The number of nitrogens with two attached hydrogens (primary N) is 2. The van der Waals surface area contributed by atoms with E-state index < -0.39 is 16.5 Å². The Morgan fingerprint density at radius 2 is 2.00 bits per heavy atom. The summed E-state index contributed by atoms with van der Waals surface area (Å²) in [5.41, 5.74) is 8.39. The molecule has 9 heteroatoms. The van der Waals surface area contributed by atoms with Gasteiger partial charge in [-0.25, -0.2) is 18.7 Å². The van der Waals surface area contributed by atoms with Gasteiger partial charge in [-0.1, -0.05) is 13.8 Å². The topological polar surface area (TPSA) is 109 Å². The lowest BCUT2D eigenvalue weighted by atomic mass is 9.95. The number of nitrogens with zero attached hydrogens (tertiary/aromatic N) is 3. The molecule has 2 heterocycles. The summed E-state index contributed by atoms with van der Waals surface area (Å²) >= 11 is 0. The van der Waals surface area contributed by atoms with Crippen LogP contribution in [0.1, 0.15) is 39.2 Å². The van der Waals surface area contributed by atoms with Gasteiger partial charge in [0.25, 0.3) is 0 Å². The minimum Gasteiger partial charge on any atom is -0.475 e. The molecule has 0 bridgehead atoms. The molecule has 3 rings (SSSR count). The zero-order chi connectivity index (χ0) is 22.1. The summed E-state index contributed by atoms with van der Waals surface area (Å²) in [6.45, 7) is 8.04. The lowest BCUT2D eigenvalue weighted by Crippen LogP contribution is -2.34. The third-order valence-electron chi connectivity index (χ3n) is 4.81. The predicted molar refractivity (Wildman–Crippen MR) is 116 cm³/mol. The number of hydrogen-bond acceptors (Lipinski definition) is 5. The van der Waals surface area contributed by atoms with Gasteiger partial charge in [0.2, 0.25) is 5.88 Å². The van der Waals surface area contributed by atoms with Crippen LogP contribution in [0, 0.1) is 5.82 Å². The highest BCUT2D eigenvalue weighted by Crippen LogP contribution is 2.34. The molecule has 0 radical (unpaired) electrons. The third kappa shape index (κ3) is 4.68. The van der Waals surface area contributed by atoms with Gasteiger partial charge in [-0.2, -0.15) is 5.10 Å². The Kier molecular flexibility index (Phi) is 6.23. The molecule has 1 unspecified atom stereocenters. The van der Waals surface area contributed by atoms with E-state index in [9.17, 15) is 8.60 Å². The molecule has 0 fully saturated rings. The first-order valence-corrected chi connectivity index (χ1v) is 10.7. The van der Waals surface area contributed by atoms with E-state index in [1.165, 1.54) is 12.1 Å². The second-order valence-corrected chi connectivity index (χ2v) is 9.00. The second kappa shape index (κ2) is 8.53. The Balaban J connectivity index is 1.83. The summed E-state index contributed by atoms with van der Waals surface area (Å²) in [6, 6.07) is 7.99. The van der Waals surface area contributed by atoms with Crippen LogP contribution in [-0.4, -0.2) is 25.6 Å².